The number of sulfonamides is 2. The zero-order chi connectivity index (χ0) is 17.8. The molecule has 2 rings (SSSR count). The van der Waals surface area contributed by atoms with Crippen LogP contribution in [0.3, 0.4) is 0 Å². The molecule has 0 unspecified atom stereocenters. The van der Waals surface area contributed by atoms with E-state index in [0.717, 1.165) is 6.07 Å². The van der Waals surface area contributed by atoms with E-state index in [1.165, 1.54) is 30.6 Å². The lowest BCUT2D eigenvalue weighted by Crippen LogP contribution is -2.27. The summed E-state index contributed by atoms with van der Waals surface area (Å²) in [6.45, 7) is 4.02. The second-order valence-corrected chi connectivity index (χ2v) is 9.02. The van der Waals surface area contributed by atoms with E-state index in [9.17, 15) is 16.8 Å². The Morgan fingerprint density at radius 2 is 1.67 bits per heavy atom. The number of nitrogens with one attached hydrogen (secondary N) is 2. The van der Waals surface area contributed by atoms with Gasteiger partial charge in [0.2, 0.25) is 10.0 Å². The number of aromatic nitrogens is 1. The molecule has 0 radical (unpaired) electrons. The highest BCUT2D eigenvalue weighted by Crippen LogP contribution is 2.19. The summed E-state index contributed by atoms with van der Waals surface area (Å²) >= 11 is 0. The topological polar surface area (TPSA) is 105 Å². The van der Waals surface area contributed by atoms with Gasteiger partial charge in [-0.2, -0.15) is 0 Å². The van der Waals surface area contributed by atoms with Gasteiger partial charge in [-0.3, -0.25) is 9.71 Å². The third-order valence-corrected chi connectivity index (χ3v) is 5.82. The minimum absolute atomic E-state index is 0.0998. The predicted octanol–water partition coefficient (Wildman–Crippen LogP) is 1.82. The molecule has 0 spiro atoms. The molecule has 2 N–H and O–H groups in total. The maximum Gasteiger partial charge on any atom is 0.261 e. The van der Waals surface area contributed by atoms with Gasteiger partial charge < -0.3 is 0 Å². The van der Waals surface area contributed by atoms with Gasteiger partial charge in [-0.25, -0.2) is 21.6 Å². The highest BCUT2D eigenvalue weighted by atomic mass is 32.2. The van der Waals surface area contributed by atoms with Crippen LogP contribution in [0, 0.1) is 5.92 Å². The second kappa shape index (κ2) is 7.29. The lowest BCUT2D eigenvalue weighted by atomic mass is 10.2. The Hall–Kier alpha value is -1.97. The molecule has 0 amide bonds. The fourth-order valence-electron chi connectivity index (χ4n) is 1.81. The Morgan fingerprint density at radius 1 is 1.00 bits per heavy atom. The third-order valence-electron chi connectivity index (χ3n) is 3.02. The van der Waals surface area contributed by atoms with E-state index in [1.807, 2.05) is 13.8 Å². The fraction of sp³-hybridized carbons (Fsp3) is 0.267. The smallest absolute Gasteiger partial charge is 0.261 e. The van der Waals surface area contributed by atoms with Crippen molar-refractivity contribution in [3.05, 3.63) is 48.8 Å². The van der Waals surface area contributed by atoms with Crippen molar-refractivity contribution in [1.82, 2.24) is 9.71 Å². The zero-order valence-electron chi connectivity index (χ0n) is 13.3. The largest absolute Gasteiger partial charge is 0.278 e. The van der Waals surface area contributed by atoms with Gasteiger partial charge in [0.15, 0.2) is 0 Å². The molecule has 0 saturated heterocycles. The zero-order valence-corrected chi connectivity index (χ0v) is 14.9. The molecule has 1 aromatic carbocycles. The molecular formula is C15H19N3O4S2. The van der Waals surface area contributed by atoms with Gasteiger partial charge in [-0.15, -0.1) is 0 Å². The predicted molar refractivity (Wildman–Crippen MR) is 91.5 cm³/mol. The first-order valence-electron chi connectivity index (χ1n) is 7.23. The third kappa shape index (κ3) is 4.76. The number of rotatable bonds is 7. The SMILES string of the molecule is CC(C)CNS(=O)(=O)c1cccc(S(=O)(=O)Nc2cccnc2)c1. The molecule has 7 nitrogen and oxygen atoms in total. The van der Waals surface area contributed by atoms with Gasteiger partial charge in [-0.05, 0) is 36.2 Å². The molecule has 0 saturated carbocycles. The Bertz CT molecular complexity index is 895. The van der Waals surface area contributed by atoms with E-state index in [1.54, 1.807) is 12.1 Å². The van der Waals surface area contributed by atoms with Crippen molar-refractivity contribution in [3.8, 4) is 0 Å². The van der Waals surface area contributed by atoms with Crippen LogP contribution in [0.2, 0.25) is 0 Å². The molecule has 0 fully saturated rings. The highest BCUT2D eigenvalue weighted by molar-refractivity contribution is 7.93. The maximum atomic E-state index is 12.4. The monoisotopic (exact) mass is 369 g/mol. The van der Waals surface area contributed by atoms with Crippen LogP contribution in [0.5, 0.6) is 0 Å². The molecule has 0 bridgehead atoms. The van der Waals surface area contributed by atoms with Crippen LogP contribution in [-0.4, -0.2) is 28.4 Å². The first kappa shape index (κ1) is 18.4. The highest BCUT2D eigenvalue weighted by Gasteiger charge is 2.19. The molecule has 0 aliphatic carbocycles. The van der Waals surface area contributed by atoms with Crippen molar-refractivity contribution < 1.29 is 16.8 Å². The van der Waals surface area contributed by atoms with Crippen LogP contribution in [0.1, 0.15) is 13.8 Å². The summed E-state index contributed by atoms with van der Waals surface area (Å²) in [4.78, 5) is 3.59. The number of pyridine rings is 1. The van der Waals surface area contributed by atoms with E-state index < -0.39 is 20.0 Å². The van der Waals surface area contributed by atoms with E-state index in [4.69, 9.17) is 0 Å². The molecule has 24 heavy (non-hydrogen) atoms. The van der Waals surface area contributed by atoms with Crippen molar-refractivity contribution in [2.75, 3.05) is 11.3 Å². The van der Waals surface area contributed by atoms with Crippen LogP contribution in [0.4, 0.5) is 5.69 Å². The van der Waals surface area contributed by atoms with Crippen molar-refractivity contribution in [1.29, 1.82) is 0 Å². The summed E-state index contributed by atoms with van der Waals surface area (Å²) in [6.07, 6.45) is 2.88. The average molecular weight is 369 g/mol. The van der Waals surface area contributed by atoms with Crippen LogP contribution in [0.15, 0.2) is 58.6 Å². The standard InChI is InChI=1S/C15H19N3O4S2/c1-12(2)10-17-23(19,20)14-6-3-7-15(9-14)24(21,22)18-13-5-4-8-16-11-13/h3-9,11-12,17-18H,10H2,1-2H3. The van der Waals surface area contributed by atoms with E-state index in [0.29, 0.717) is 5.69 Å². The molecule has 1 heterocycles. The summed E-state index contributed by atoms with van der Waals surface area (Å²) in [5.74, 6) is 0.138. The molecular weight excluding hydrogens is 350 g/mol. The van der Waals surface area contributed by atoms with Gasteiger partial charge in [0.05, 0.1) is 21.7 Å². The Morgan fingerprint density at radius 3 is 2.25 bits per heavy atom. The van der Waals surface area contributed by atoms with Crippen molar-refractivity contribution in [2.45, 2.75) is 23.6 Å². The number of anilines is 1. The number of hydrogen-bond acceptors (Lipinski definition) is 5. The van der Waals surface area contributed by atoms with Crippen LogP contribution >= 0.6 is 0 Å². The minimum Gasteiger partial charge on any atom is -0.278 e. The molecule has 0 atom stereocenters. The van der Waals surface area contributed by atoms with Crippen LogP contribution in [0.25, 0.3) is 0 Å². The quantitative estimate of drug-likeness (QED) is 0.774. The molecule has 130 valence electrons. The van der Waals surface area contributed by atoms with E-state index >= 15 is 0 Å². The van der Waals surface area contributed by atoms with Gasteiger partial charge >= 0.3 is 0 Å². The molecule has 0 aliphatic heterocycles. The van der Waals surface area contributed by atoms with Crippen molar-refractivity contribution in [3.63, 3.8) is 0 Å². The van der Waals surface area contributed by atoms with Gasteiger partial charge in [-0.1, -0.05) is 19.9 Å². The van der Waals surface area contributed by atoms with Crippen molar-refractivity contribution in [2.24, 2.45) is 5.92 Å². The lowest BCUT2D eigenvalue weighted by Gasteiger charge is -2.11. The first-order valence-corrected chi connectivity index (χ1v) is 10.2. The first-order chi connectivity index (χ1) is 11.2. The Kier molecular flexibility index (Phi) is 5.58. The maximum absolute atomic E-state index is 12.4. The summed E-state index contributed by atoms with van der Waals surface area (Å²) in [5, 5.41) is 0. The summed E-state index contributed by atoms with van der Waals surface area (Å²) in [6, 6.07) is 8.35. The van der Waals surface area contributed by atoms with E-state index in [-0.39, 0.29) is 22.3 Å². The Balaban J connectivity index is 2.29. The number of hydrogen-bond donors (Lipinski definition) is 2. The summed E-state index contributed by atoms with van der Waals surface area (Å²) in [7, 11) is -7.68. The normalized spacial score (nSPS) is 12.3. The molecule has 1 aromatic heterocycles. The number of nitrogens with zero attached hydrogens (tertiary/aromatic N) is 1. The average Bonchev–Trinajstić information content (AvgIpc) is 2.54. The van der Waals surface area contributed by atoms with Crippen LogP contribution < -0.4 is 9.44 Å². The fourth-order valence-corrected chi connectivity index (χ4v) is 4.23. The van der Waals surface area contributed by atoms with Crippen molar-refractivity contribution >= 4 is 25.7 Å². The molecule has 0 aliphatic rings. The summed E-state index contributed by atoms with van der Waals surface area (Å²) < 4.78 is 54.1. The van der Waals surface area contributed by atoms with Crippen LogP contribution in [-0.2, 0) is 20.0 Å². The molecule has 2 aromatic rings. The van der Waals surface area contributed by atoms with Gasteiger partial charge in [0, 0.05) is 12.7 Å². The molecule has 9 heteroatoms. The Labute approximate surface area is 142 Å². The summed E-state index contributed by atoms with van der Waals surface area (Å²) in [5.41, 5.74) is 0.295. The lowest BCUT2D eigenvalue weighted by molar-refractivity contribution is 0.560. The number of benzene rings is 1. The van der Waals surface area contributed by atoms with E-state index in [2.05, 4.69) is 14.4 Å². The second-order valence-electron chi connectivity index (χ2n) is 5.57. The van der Waals surface area contributed by atoms with Gasteiger partial charge in [0.25, 0.3) is 10.0 Å². The van der Waals surface area contributed by atoms with Gasteiger partial charge in [0.1, 0.15) is 0 Å². The minimum atomic E-state index is -3.91.